The van der Waals surface area contributed by atoms with Crippen molar-refractivity contribution in [3.8, 4) is 11.5 Å². The molecule has 0 fully saturated rings. The Bertz CT molecular complexity index is 637. The predicted molar refractivity (Wildman–Crippen MR) is 84.1 cm³/mol. The van der Waals surface area contributed by atoms with Crippen molar-refractivity contribution in [2.45, 2.75) is 33.4 Å². The number of hydrogen-bond acceptors (Lipinski definition) is 5. The second kappa shape index (κ2) is 7.17. The SMILES string of the molecule is Cc1cccc(-c2nc(CN(C)CC(=O)NC(C)C)no2)c1. The van der Waals surface area contributed by atoms with Crippen LogP contribution in [0.5, 0.6) is 0 Å². The van der Waals surface area contributed by atoms with Crippen molar-refractivity contribution < 1.29 is 9.32 Å². The van der Waals surface area contributed by atoms with E-state index in [-0.39, 0.29) is 11.9 Å². The lowest BCUT2D eigenvalue weighted by atomic mass is 10.1. The zero-order chi connectivity index (χ0) is 16.1. The summed E-state index contributed by atoms with van der Waals surface area (Å²) in [6, 6.07) is 8.04. The average Bonchev–Trinajstić information content (AvgIpc) is 2.85. The van der Waals surface area contributed by atoms with Crippen LogP contribution in [-0.2, 0) is 11.3 Å². The van der Waals surface area contributed by atoms with Crippen LogP contribution >= 0.6 is 0 Å². The summed E-state index contributed by atoms with van der Waals surface area (Å²) in [7, 11) is 1.85. The lowest BCUT2D eigenvalue weighted by molar-refractivity contribution is -0.122. The van der Waals surface area contributed by atoms with Crippen LogP contribution in [0.15, 0.2) is 28.8 Å². The summed E-state index contributed by atoms with van der Waals surface area (Å²) in [5, 5.41) is 6.82. The summed E-state index contributed by atoms with van der Waals surface area (Å²) in [5.41, 5.74) is 2.04. The molecule has 0 aliphatic heterocycles. The maximum Gasteiger partial charge on any atom is 0.257 e. The van der Waals surface area contributed by atoms with E-state index in [0.717, 1.165) is 11.1 Å². The van der Waals surface area contributed by atoms with Crippen molar-refractivity contribution in [1.29, 1.82) is 0 Å². The molecule has 0 spiro atoms. The number of hydrogen-bond donors (Lipinski definition) is 1. The maximum absolute atomic E-state index is 11.7. The summed E-state index contributed by atoms with van der Waals surface area (Å²) in [4.78, 5) is 17.9. The molecule has 0 aliphatic rings. The Morgan fingerprint density at radius 2 is 2.18 bits per heavy atom. The van der Waals surface area contributed by atoms with Crippen molar-refractivity contribution in [2.75, 3.05) is 13.6 Å². The molecule has 1 aromatic heterocycles. The molecule has 1 aromatic carbocycles. The Morgan fingerprint density at radius 1 is 1.41 bits per heavy atom. The van der Waals surface area contributed by atoms with Gasteiger partial charge in [0.2, 0.25) is 5.91 Å². The molecule has 2 rings (SSSR count). The van der Waals surface area contributed by atoms with Gasteiger partial charge in [0.25, 0.3) is 5.89 Å². The lowest BCUT2D eigenvalue weighted by Gasteiger charge is -2.15. The van der Waals surface area contributed by atoms with Gasteiger partial charge in [0.15, 0.2) is 5.82 Å². The number of amides is 1. The Hall–Kier alpha value is -2.21. The third-order valence-electron chi connectivity index (χ3n) is 3.01. The van der Waals surface area contributed by atoms with E-state index in [9.17, 15) is 4.79 Å². The highest BCUT2D eigenvalue weighted by Gasteiger charge is 2.13. The Morgan fingerprint density at radius 3 is 2.86 bits per heavy atom. The molecule has 0 aliphatic carbocycles. The first-order chi connectivity index (χ1) is 10.4. The molecule has 2 aromatic rings. The zero-order valence-corrected chi connectivity index (χ0v) is 13.5. The Kier molecular flexibility index (Phi) is 5.27. The zero-order valence-electron chi connectivity index (χ0n) is 13.5. The first-order valence-corrected chi connectivity index (χ1v) is 7.31. The fourth-order valence-electron chi connectivity index (χ4n) is 2.12. The monoisotopic (exact) mass is 302 g/mol. The van der Waals surface area contributed by atoms with Gasteiger partial charge in [-0.1, -0.05) is 22.9 Å². The predicted octanol–water partition coefficient (Wildman–Crippen LogP) is 2.00. The number of carbonyl (C=O) groups excluding carboxylic acids is 1. The number of aromatic nitrogens is 2. The minimum atomic E-state index is -0.0140. The molecule has 0 atom stereocenters. The summed E-state index contributed by atoms with van der Waals surface area (Å²) in [6.45, 7) is 6.64. The number of nitrogens with zero attached hydrogens (tertiary/aromatic N) is 3. The topological polar surface area (TPSA) is 71.3 Å². The van der Waals surface area contributed by atoms with E-state index in [1.165, 1.54) is 0 Å². The van der Waals surface area contributed by atoms with Crippen molar-refractivity contribution in [1.82, 2.24) is 20.4 Å². The minimum absolute atomic E-state index is 0.0140. The third-order valence-corrected chi connectivity index (χ3v) is 3.01. The number of aryl methyl sites for hydroxylation is 1. The minimum Gasteiger partial charge on any atom is -0.353 e. The highest BCUT2D eigenvalue weighted by atomic mass is 16.5. The van der Waals surface area contributed by atoms with Gasteiger partial charge in [-0.2, -0.15) is 4.98 Å². The van der Waals surface area contributed by atoms with E-state index >= 15 is 0 Å². The van der Waals surface area contributed by atoms with Crippen molar-refractivity contribution in [2.24, 2.45) is 0 Å². The van der Waals surface area contributed by atoms with Crippen molar-refractivity contribution in [3.05, 3.63) is 35.7 Å². The fraction of sp³-hybridized carbons (Fsp3) is 0.438. The van der Waals surface area contributed by atoms with Crippen LogP contribution in [0.2, 0.25) is 0 Å². The van der Waals surface area contributed by atoms with E-state index < -0.39 is 0 Å². The first-order valence-electron chi connectivity index (χ1n) is 7.31. The summed E-state index contributed by atoms with van der Waals surface area (Å²) in [5.74, 6) is 1.05. The summed E-state index contributed by atoms with van der Waals surface area (Å²) in [6.07, 6.45) is 0. The van der Waals surface area contributed by atoms with Gasteiger partial charge >= 0.3 is 0 Å². The van der Waals surface area contributed by atoms with Crippen LogP contribution in [0.3, 0.4) is 0 Å². The molecule has 0 saturated heterocycles. The normalized spacial score (nSPS) is 11.2. The number of nitrogens with one attached hydrogen (secondary N) is 1. The van der Waals surface area contributed by atoms with Crippen LogP contribution in [0.25, 0.3) is 11.5 Å². The second-order valence-corrected chi connectivity index (χ2v) is 5.78. The van der Waals surface area contributed by atoms with Crippen LogP contribution in [-0.4, -0.2) is 40.6 Å². The largest absolute Gasteiger partial charge is 0.353 e. The van der Waals surface area contributed by atoms with Gasteiger partial charge in [0.1, 0.15) is 0 Å². The van der Waals surface area contributed by atoms with Gasteiger partial charge in [-0.25, -0.2) is 0 Å². The molecule has 6 nitrogen and oxygen atoms in total. The highest BCUT2D eigenvalue weighted by Crippen LogP contribution is 2.18. The van der Waals surface area contributed by atoms with Gasteiger partial charge < -0.3 is 9.84 Å². The van der Waals surface area contributed by atoms with Crippen LogP contribution < -0.4 is 5.32 Å². The highest BCUT2D eigenvalue weighted by molar-refractivity contribution is 5.78. The average molecular weight is 302 g/mol. The molecule has 0 radical (unpaired) electrons. The molecule has 1 amide bonds. The van der Waals surface area contributed by atoms with E-state index in [4.69, 9.17) is 4.52 Å². The van der Waals surface area contributed by atoms with Gasteiger partial charge in [0, 0.05) is 11.6 Å². The molecular formula is C16H22N4O2. The van der Waals surface area contributed by atoms with Gasteiger partial charge in [-0.05, 0) is 40.0 Å². The second-order valence-electron chi connectivity index (χ2n) is 5.78. The summed E-state index contributed by atoms with van der Waals surface area (Å²) >= 11 is 0. The fourth-order valence-corrected chi connectivity index (χ4v) is 2.12. The van der Waals surface area contributed by atoms with Crippen LogP contribution in [0.1, 0.15) is 25.2 Å². The maximum atomic E-state index is 11.7. The van der Waals surface area contributed by atoms with Gasteiger partial charge in [0.05, 0.1) is 13.1 Å². The molecule has 6 heteroatoms. The molecule has 118 valence electrons. The molecule has 1 N–H and O–H groups in total. The number of rotatable bonds is 6. The molecule has 1 heterocycles. The molecular weight excluding hydrogens is 280 g/mol. The van der Waals surface area contributed by atoms with E-state index in [2.05, 4.69) is 15.5 Å². The van der Waals surface area contributed by atoms with Gasteiger partial charge in [-0.3, -0.25) is 9.69 Å². The van der Waals surface area contributed by atoms with Crippen molar-refractivity contribution >= 4 is 5.91 Å². The number of carbonyl (C=O) groups is 1. The third kappa shape index (κ3) is 4.66. The Balaban J connectivity index is 1.96. The quantitative estimate of drug-likeness (QED) is 0.883. The summed E-state index contributed by atoms with van der Waals surface area (Å²) < 4.78 is 5.29. The Labute approximate surface area is 130 Å². The molecule has 0 bridgehead atoms. The number of benzene rings is 1. The molecule has 0 saturated carbocycles. The lowest BCUT2D eigenvalue weighted by Crippen LogP contribution is -2.38. The smallest absolute Gasteiger partial charge is 0.257 e. The van der Waals surface area contributed by atoms with E-state index in [1.807, 2.05) is 57.0 Å². The molecule has 22 heavy (non-hydrogen) atoms. The first kappa shape index (κ1) is 16.2. The van der Waals surface area contributed by atoms with Crippen LogP contribution in [0, 0.1) is 6.92 Å². The van der Waals surface area contributed by atoms with E-state index in [0.29, 0.717) is 24.8 Å². The number of likely N-dealkylation sites (N-methyl/N-ethyl adjacent to an activating group) is 1. The molecule has 0 unspecified atom stereocenters. The van der Waals surface area contributed by atoms with Crippen LogP contribution in [0.4, 0.5) is 0 Å². The standard InChI is InChI=1S/C16H22N4O2/c1-11(2)17-15(21)10-20(4)9-14-18-16(22-19-14)13-7-5-6-12(3)8-13/h5-8,11H,9-10H2,1-4H3,(H,17,21). The van der Waals surface area contributed by atoms with Gasteiger partial charge in [-0.15, -0.1) is 0 Å². The van der Waals surface area contributed by atoms with E-state index in [1.54, 1.807) is 0 Å². The van der Waals surface area contributed by atoms with Crippen molar-refractivity contribution in [3.63, 3.8) is 0 Å².